The van der Waals surface area contributed by atoms with Gasteiger partial charge in [-0.05, 0) is 25.0 Å². The summed E-state index contributed by atoms with van der Waals surface area (Å²) in [6.07, 6.45) is 4.29. The highest BCUT2D eigenvalue weighted by molar-refractivity contribution is 8.00. The Morgan fingerprint density at radius 1 is 1.03 bits per heavy atom. The number of aryl methyl sites for hydroxylation is 1. The molecule has 174 valence electrons. The van der Waals surface area contributed by atoms with E-state index in [1.807, 2.05) is 23.1 Å². The zero-order valence-electron chi connectivity index (χ0n) is 19.0. The quantitative estimate of drug-likeness (QED) is 0.417. The van der Waals surface area contributed by atoms with Gasteiger partial charge in [0.25, 0.3) is 5.56 Å². The predicted octanol–water partition coefficient (Wildman–Crippen LogP) is 2.20. The lowest BCUT2D eigenvalue weighted by Gasteiger charge is -2.20. The van der Waals surface area contributed by atoms with Gasteiger partial charge in [-0.2, -0.15) is 0 Å². The van der Waals surface area contributed by atoms with Crippen LogP contribution in [0.1, 0.15) is 25.7 Å². The lowest BCUT2D eigenvalue weighted by molar-refractivity contribution is -0.128. The fraction of sp³-hybridized carbons (Fsp3) is 0.435. The zero-order valence-corrected chi connectivity index (χ0v) is 19.9. The SMILES string of the molecule is COc1ccccc1-c1nc(SCC(=O)N2CCCCCC2)c2c(=O)n(C)c(=O)n(C)c2n1. The van der Waals surface area contributed by atoms with Crippen LogP contribution < -0.4 is 16.0 Å². The van der Waals surface area contributed by atoms with Crippen LogP contribution in [0.5, 0.6) is 5.75 Å². The summed E-state index contributed by atoms with van der Waals surface area (Å²) in [4.78, 5) is 49.6. The third kappa shape index (κ3) is 4.52. The van der Waals surface area contributed by atoms with E-state index in [1.165, 1.54) is 23.4 Å². The molecular formula is C23H27N5O4S. The number of rotatable bonds is 5. The Morgan fingerprint density at radius 3 is 2.42 bits per heavy atom. The molecule has 10 heteroatoms. The third-order valence-corrected chi connectivity index (χ3v) is 6.87. The highest BCUT2D eigenvalue weighted by Crippen LogP contribution is 2.31. The molecule has 0 saturated carbocycles. The zero-order chi connectivity index (χ0) is 23.5. The summed E-state index contributed by atoms with van der Waals surface area (Å²) in [5, 5.41) is 0.604. The molecule has 0 bridgehead atoms. The van der Waals surface area contributed by atoms with E-state index in [0.717, 1.165) is 43.3 Å². The Hall–Kier alpha value is -3.14. The maximum atomic E-state index is 13.0. The van der Waals surface area contributed by atoms with Crippen LogP contribution >= 0.6 is 11.8 Å². The summed E-state index contributed by atoms with van der Waals surface area (Å²) >= 11 is 1.21. The fourth-order valence-corrected chi connectivity index (χ4v) is 4.94. The summed E-state index contributed by atoms with van der Waals surface area (Å²) in [5.41, 5.74) is -0.0994. The molecule has 3 heterocycles. The summed E-state index contributed by atoms with van der Waals surface area (Å²) in [7, 11) is 4.55. The lowest BCUT2D eigenvalue weighted by Crippen LogP contribution is -2.38. The van der Waals surface area contributed by atoms with Gasteiger partial charge in [-0.1, -0.05) is 36.7 Å². The molecule has 1 aliphatic rings. The van der Waals surface area contributed by atoms with Crippen LogP contribution in [0, 0.1) is 0 Å². The van der Waals surface area contributed by atoms with Gasteiger partial charge in [0.2, 0.25) is 5.91 Å². The monoisotopic (exact) mass is 469 g/mol. The van der Waals surface area contributed by atoms with E-state index in [2.05, 4.69) is 9.97 Å². The Labute approximate surface area is 195 Å². The van der Waals surface area contributed by atoms with E-state index in [9.17, 15) is 14.4 Å². The standard InChI is InChI=1S/C23H27N5O4S/c1-26-20-18(22(30)27(2)23(26)31)21(33-14-17(29)28-12-8-4-5-9-13-28)25-19(24-20)15-10-6-7-11-16(15)32-3/h6-7,10-11H,4-5,8-9,12-14H2,1-3H3. The molecule has 0 radical (unpaired) electrons. The number of benzene rings is 1. The van der Waals surface area contributed by atoms with Crippen LogP contribution in [-0.4, -0.2) is 55.9 Å². The molecule has 33 heavy (non-hydrogen) atoms. The molecule has 0 N–H and O–H groups in total. The van der Waals surface area contributed by atoms with Crippen molar-refractivity contribution in [3.05, 3.63) is 45.1 Å². The summed E-state index contributed by atoms with van der Waals surface area (Å²) in [6, 6.07) is 7.28. The topological polar surface area (TPSA) is 99.3 Å². The molecule has 2 aromatic heterocycles. The number of ether oxygens (including phenoxy) is 1. The number of carbonyl (C=O) groups excluding carboxylic acids is 1. The number of hydrogen-bond donors (Lipinski definition) is 0. The average Bonchev–Trinajstić information content (AvgIpc) is 3.14. The summed E-state index contributed by atoms with van der Waals surface area (Å²) in [6.45, 7) is 1.51. The number of likely N-dealkylation sites (tertiary alicyclic amines) is 1. The first-order valence-electron chi connectivity index (χ1n) is 10.9. The number of para-hydroxylation sites is 1. The van der Waals surface area contributed by atoms with Crippen molar-refractivity contribution in [1.29, 1.82) is 0 Å². The number of fused-ring (bicyclic) bond motifs is 1. The normalized spacial score (nSPS) is 14.3. The van der Waals surface area contributed by atoms with Crippen molar-refractivity contribution in [1.82, 2.24) is 24.0 Å². The van der Waals surface area contributed by atoms with Crippen molar-refractivity contribution in [2.45, 2.75) is 30.7 Å². The van der Waals surface area contributed by atoms with Crippen molar-refractivity contribution in [3.63, 3.8) is 0 Å². The minimum atomic E-state index is -0.482. The van der Waals surface area contributed by atoms with Crippen molar-refractivity contribution in [3.8, 4) is 17.1 Å². The number of carbonyl (C=O) groups is 1. The number of nitrogens with zero attached hydrogens (tertiary/aromatic N) is 5. The lowest BCUT2D eigenvalue weighted by atomic mass is 10.2. The first-order valence-corrected chi connectivity index (χ1v) is 11.9. The molecule has 1 amide bonds. The van der Waals surface area contributed by atoms with Gasteiger partial charge in [0.1, 0.15) is 16.2 Å². The van der Waals surface area contributed by atoms with E-state index in [-0.39, 0.29) is 22.7 Å². The van der Waals surface area contributed by atoms with Crippen LogP contribution in [-0.2, 0) is 18.9 Å². The molecular weight excluding hydrogens is 442 g/mol. The largest absolute Gasteiger partial charge is 0.496 e. The molecule has 4 rings (SSSR count). The number of amides is 1. The van der Waals surface area contributed by atoms with Crippen LogP contribution in [0.25, 0.3) is 22.4 Å². The van der Waals surface area contributed by atoms with E-state index >= 15 is 0 Å². The van der Waals surface area contributed by atoms with E-state index in [1.54, 1.807) is 20.2 Å². The molecule has 9 nitrogen and oxygen atoms in total. The first-order chi connectivity index (χ1) is 15.9. The van der Waals surface area contributed by atoms with E-state index in [0.29, 0.717) is 22.2 Å². The van der Waals surface area contributed by atoms with Gasteiger partial charge in [-0.15, -0.1) is 0 Å². The van der Waals surface area contributed by atoms with Gasteiger partial charge in [-0.25, -0.2) is 14.8 Å². The second-order valence-electron chi connectivity index (χ2n) is 8.04. The molecule has 0 atom stereocenters. The maximum absolute atomic E-state index is 13.0. The average molecular weight is 470 g/mol. The van der Waals surface area contributed by atoms with E-state index < -0.39 is 11.2 Å². The molecule has 3 aromatic rings. The minimum absolute atomic E-state index is 0.0224. The molecule has 1 aliphatic heterocycles. The van der Waals surface area contributed by atoms with Crippen molar-refractivity contribution >= 4 is 28.7 Å². The summed E-state index contributed by atoms with van der Waals surface area (Å²) in [5.74, 6) is 1.08. The number of aromatic nitrogens is 4. The molecule has 0 aliphatic carbocycles. The van der Waals surface area contributed by atoms with Gasteiger partial charge < -0.3 is 9.64 Å². The number of methoxy groups -OCH3 is 1. The fourth-order valence-electron chi connectivity index (χ4n) is 4.02. The Bertz CT molecular complexity index is 1310. The summed E-state index contributed by atoms with van der Waals surface area (Å²) < 4.78 is 7.82. The van der Waals surface area contributed by atoms with Gasteiger partial charge in [0, 0.05) is 27.2 Å². The number of thioether (sulfide) groups is 1. The Kier molecular flexibility index (Phi) is 6.83. The van der Waals surface area contributed by atoms with Crippen LogP contribution in [0.3, 0.4) is 0 Å². The minimum Gasteiger partial charge on any atom is -0.496 e. The van der Waals surface area contributed by atoms with Crippen LogP contribution in [0.2, 0.25) is 0 Å². The van der Waals surface area contributed by atoms with Crippen molar-refractivity contribution < 1.29 is 9.53 Å². The van der Waals surface area contributed by atoms with Crippen LogP contribution in [0.4, 0.5) is 0 Å². The predicted molar refractivity (Wildman–Crippen MR) is 128 cm³/mol. The maximum Gasteiger partial charge on any atom is 0.332 e. The van der Waals surface area contributed by atoms with Gasteiger partial charge in [0.05, 0.1) is 18.4 Å². The molecule has 0 spiro atoms. The second-order valence-corrected chi connectivity index (χ2v) is 9.00. The highest BCUT2D eigenvalue weighted by atomic mass is 32.2. The van der Waals surface area contributed by atoms with E-state index in [4.69, 9.17) is 4.74 Å². The van der Waals surface area contributed by atoms with Crippen LogP contribution in [0.15, 0.2) is 38.9 Å². The third-order valence-electron chi connectivity index (χ3n) is 5.91. The van der Waals surface area contributed by atoms with Crippen molar-refractivity contribution in [2.75, 3.05) is 26.0 Å². The number of hydrogen-bond acceptors (Lipinski definition) is 7. The van der Waals surface area contributed by atoms with Gasteiger partial charge in [-0.3, -0.25) is 18.7 Å². The van der Waals surface area contributed by atoms with Gasteiger partial charge >= 0.3 is 5.69 Å². The second kappa shape index (κ2) is 9.78. The highest BCUT2D eigenvalue weighted by Gasteiger charge is 2.22. The van der Waals surface area contributed by atoms with Crippen molar-refractivity contribution in [2.24, 2.45) is 14.1 Å². The molecule has 1 aromatic carbocycles. The molecule has 0 unspecified atom stereocenters. The molecule has 1 fully saturated rings. The Balaban J connectivity index is 1.82. The molecule has 1 saturated heterocycles. The first kappa shape index (κ1) is 23.0. The Morgan fingerprint density at radius 2 is 1.73 bits per heavy atom. The van der Waals surface area contributed by atoms with Gasteiger partial charge in [0.15, 0.2) is 11.5 Å². The smallest absolute Gasteiger partial charge is 0.332 e.